The molecule has 11 nitrogen and oxygen atoms in total. The molecule has 2 heterocycles. The molecule has 2 saturated heterocycles. The van der Waals surface area contributed by atoms with Crippen LogP contribution in [0.4, 0.5) is 5.69 Å². The van der Waals surface area contributed by atoms with Crippen molar-refractivity contribution in [3.8, 4) is 0 Å². The van der Waals surface area contributed by atoms with Crippen molar-refractivity contribution < 1.29 is 27.9 Å². The van der Waals surface area contributed by atoms with Crippen LogP contribution >= 0.6 is 0 Å². The number of nitrogens with two attached hydrogens (primary N) is 1. The average Bonchev–Trinajstić information content (AvgIpc) is 3.72. The number of hydrogen-bond donors (Lipinski definition) is 3. The molecule has 5 rings (SSSR count). The van der Waals surface area contributed by atoms with Gasteiger partial charge in [-0.1, -0.05) is 0 Å². The van der Waals surface area contributed by atoms with Crippen LogP contribution in [0.25, 0.3) is 0 Å². The van der Waals surface area contributed by atoms with Crippen molar-refractivity contribution >= 4 is 33.5 Å². The third-order valence-corrected chi connectivity index (χ3v) is 11.3. The molecule has 4 N–H and O–H groups in total. The molecule has 0 bridgehead atoms. The fourth-order valence-electron chi connectivity index (χ4n) is 6.27. The number of rotatable bonds is 8. The summed E-state index contributed by atoms with van der Waals surface area (Å²) in [5.41, 5.74) is 6.44. The summed E-state index contributed by atoms with van der Waals surface area (Å²) in [7, 11) is -3.22. The molecule has 39 heavy (non-hydrogen) atoms. The maximum atomic E-state index is 13.7. The van der Waals surface area contributed by atoms with E-state index in [1.54, 1.807) is 21.3 Å². The van der Waals surface area contributed by atoms with Gasteiger partial charge in [-0.25, -0.2) is 13.2 Å². The van der Waals surface area contributed by atoms with E-state index in [4.69, 9.17) is 10.8 Å². The first kappa shape index (κ1) is 28.0. The lowest BCUT2D eigenvalue weighted by atomic mass is 9.81. The van der Waals surface area contributed by atoms with Gasteiger partial charge in [-0.15, -0.1) is 0 Å². The van der Waals surface area contributed by atoms with E-state index in [0.29, 0.717) is 57.3 Å². The van der Waals surface area contributed by atoms with Gasteiger partial charge >= 0.3 is 5.97 Å². The summed E-state index contributed by atoms with van der Waals surface area (Å²) in [5, 5.41) is 11.8. The molecule has 0 spiro atoms. The number of sulfonamides is 1. The number of benzene rings is 1. The lowest BCUT2D eigenvalue weighted by Gasteiger charge is -2.37. The molecule has 2 aliphatic carbocycles. The van der Waals surface area contributed by atoms with Crippen molar-refractivity contribution in [2.24, 2.45) is 17.6 Å². The van der Waals surface area contributed by atoms with Crippen LogP contribution in [0.15, 0.2) is 24.3 Å². The highest BCUT2D eigenvalue weighted by Gasteiger charge is 2.46. The van der Waals surface area contributed by atoms with E-state index in [-0.39, 0.29) is 34.6 Å². The minimum atomic E-state index is -3.22. The highest BCUT2D eigenvalue weighted by Crippen LogP contribution is 2.34. The van der Waals surface area contributed by atoms with E-state index in [1.807, 2.05) is 0 Å². The average molecular weight is 562 g/mol. The molecular weight excluding hydrogens is 522 g/mol. The molecule has 2 atom stereocenters. The number of carbonyl (C=O) groups is 3. The Kier molecular flexibility index (Phi) is 8.27. The first-order valence-electron chi connectivity index (χ1n) is 14.0. The smallest absolute Gasteiger partial charge is 0.335 e. The molecule has 1 aromatic rings. The Morgan fingerprint density at radius 2 is 1.59 bits per heavy atom. The Morgan fingerprint density at radius 3 is 2.15 bits per heavy atom. The summed E-state index contributed by atoms with van der Waals surface area (Å²) in [5.74, 6) is -1.02. The Balaban J connectivity index is 1.27. The normalized spacial score (nSPS) is 28.8. The molecule has 1 aromatic carbocycles. The summed E-state index contributed by atoms with van der Waals surface area (Å²) in [6.45, 7) is 3.07. The van der Waals surface area contributed by atoms with Gasteiger partial charge in [0.25, 0.3) is 0 Å². The number of anilines is 1. The second-order valence-electron chi connectivity index (χ2n) is 11.4. The molecule has 214 valence electrons. The van der Waals surface area contributed by atoms with Crippen LogP contribution in [0.3, 0.4) is 0 Å². The molecule has 12 heteroatoms. The number of carbonyl (C=O) groups excluding carboxylic acids is 2. The van der Waals surface area contributed by atoms with Gasteiger partial charge in [-0.3, -0.25) is 14.5 Å². The fraction of sp³-hybridized carbons (Fsp3) is 0.667. The fourth-order valence-corrected chi connectivity index (χ4v) is 8.10. The summed E-state index contributed by atoms with van der Waals surface area (Å²) in [6, 6.07) is 5.28. The molecule has 0 radical (unpaired) electrons. The number of carboxylic acids is 1. The first-order chi connectivity index (χ1) is 18.7. The van der Waals surface area contributed by atoms with Crippen LogP contribution in [0.1, 0.15) is 55.3 Å². The number of nitrogens with one attached hydrogen (secondary N) is 1. The number of hydrogen-bond acceptors (Lipinski definition) is 7. The van der Waals surface area contributed by atoms with Gasteiger partial charge in [-0.05, 0) is 81.7 Å². The molecule has 4 aliphatic rings. The Hall–Kier alpha value is -2.54. The summed E-state index contributed by atoms with van der Waals surface area (Å²) in [4.78, 5) is 42.3. The van der Waals surface area contributed by atoms with Crippen LogP contribution < -0.4 is 11.1 Å². The standard InChI is InChI=1S/C27H39N5O6S/c28-16-18-1-3-19(4-2-18)26(34)32-17-22(30-11-13-31(14-12-30)39(37,38)23-9-10-23)15-24(32)25(33)29-21-7-5-20(6-8-21)27(35)36/h5-8,18-19,22-24H,1-4,9-17,28H2,(H,29,33)(H,35,36)/t18?,19?,22-,24-/m0/s1. The summed E-state index contributed by atoms with van der Waals surface area (Å²) >= 11 is 0. The Morgan fingerprint density at radius 1 is 0.949 bits per heavy atom. The lowest BCUT2D eigenvalue weighted by molar-refractivity contribution is -0.141. The van der Waals surface area contributed by atoms with Gasteiger partial charge in [0.15, 0.2) is 0 Å². The molecular formula is C27H39N5O6S. The van der Waals surface area contributed by atoms with Crippen molar-refractivity contribution in [3.63, 3.8) is 0 Å². The number of carboxylic acid groups (broad SMARTS) is 1. The van der Waals surface area contributed by atoms with Gasteiger partial charge in [0.05, 0.1) is 10.8 Å². The molecule has 4 fully saturated rings. The van der Waals surface area contributed by atoms with E-state index in [1.165, 1.54) is 12.1 Å². The maximum Gasteiger partial charge on any atom is 0.335 e. The molecule has 0 aromatic heterocycles. The van der Waals surface area contributed by atoms with Gasteiger partial charge in [-0.2, -0.15) is 4.31 Å². The second-order valence-corrected chi connectivity index (χ2v) is 13.6. The minimum absolute atomic E-state index is 0.00398. The van der Waals surface area contributed by atoms with Crippen molar-refractivity contribution in [2.75, 3.05) is 44.6 Å². The van der Waals surface area contributed by atoms with Crippen LogP contribution in [0, 0.1) is 11.8 Å². The van der Waals surface area contributed by atoms with E-state index >= 15 is 0 Å². The van der Waals surface area contributed by atoms with E-state index in [0.717, 1.165) is 38.5 Å². The second kappa shape index (κ2) is 11.5. The lowest BCUT2D eigenvalue weighted by Crippen LogP contribution is -2.53. The topological polar surface area (TPSA) is 153 Å². The Bertz CT molecular complexity index is 1170. The zero-order chi connectivity index (χ0) is 27.7. The van der Waals surface area contributed by atoms with Crippen molar-refractivity contribution in [2.45, 2.75) is 62.3 Å². The quantitative estimate of drug-likeness (QED) is 0.428. The molecule has 0 unspecified atom stereocenters. The zero-order valence-electron chi connectivity index (χ0n) is 22.2. The summed E-state index contributed by atoms with van der Waals surface area (Å²) in [6.07, 6.45) is 5.31. The Labute approximate surface area is 229 Å². The summed E-state index contributed by atoms with van der Waals surface area (Å²) < 4.78 is 26.9. The number of aromatic carboxylic acids is 1. The van der Waals surface area contributed by atoms with Crippen molar-refractivity contribution in [1.29, 1.82) is 0 Å². The zero-order valence-corrected chi connectivity index (χ0v) is 23.0. The van der Waals surface area contributed by atoms with Crippen LogP contribution in [0.2, 0.25) is 0 Å². The van der Waals surface area contributed by atoms with Gasteiger partial charge in [0, 0.05) is 50.4 Å². The van der Waals surface area contributed by atoms with E-state index < -0.39 is 22.0 Å². The maximum absolute atomic E-state index is 13.7. The monoisotopic (exact) mass is 561 g/mol. The highest BCUT2D eigenvalue weighted by atomic mass is 32.2. The predicted molar refractivity (Wildman–Crippen MR) is 146 cm³/mol. The number of piperazine rings is 1. The van der Waals surface area contributed by atoms with E-state index in [2.05, 4.69) is 10.2 Å². The molecule has 2 amide bonds. The largest absolute Gasteiger partial charge is 0.478 e. The predicted octanol–water partition coefficient (Wildman–Crippen LogP) is 1.17. The highest BCUT2D eigenvalue weighted by molar-refractivity contribution is 7.90. The van der Waals surface area contributed by atoms with Gasteiger partial charge < -0.3 is 21.1 Å². The third kappa shape index (κ3) is 6.13. The molecule has 2 saturated carbocycles. The SMILES string of the molecule is NCC1CCC(C(=O)N2C[C@@H](N3CCN(S(=O)(=O)C4CC4)CC3)C[C@H]2C(=O)Nc2ccc(C(=O)O)cc2)CC1. The van der Waals surface area contributed by atoms with Gasteiger partial charge in [0.1, 0.15) is 6.04 Å². The van der Waals surface area contributed by atoms with E-state index in [9.17, 15) is 22.8 Å². The third-order valence-electron chi connectivity index (χ3n) is 8.89. The first-order valence-corrected chi connectivity index (χ1v) is 15.6. The van der Waals surface area contributed by atoms with Crippen LogP contribution in [-0.4, -0.2) is 102 Å². The molecule has 2 aliphatic heterocycles. The van der Waals surface area contributed by atoms with Crippen LogP contribution in [0.5, 0.6) is 0 Å². The van der Waals surface area contributed by atoms with Crippen molar-refractivity contribution in [3.05, 3.63) is 29.8 Å². The minimum Gasteiger partial charge on any atom is -0.478 e. The van der Waals surface area contributed by atoms with Crippen molar-refractivity contribution in [1.82, 2.24) is 14.1 Å². The number of nitrogens with zero attached hydrogens (tertiary/aromatic N) is 3. The number of likely N-dealkylation sites (tertiary alicyclic amines) is 1. The van der Waals surface area contributed by atoms with Crippen LogP contribution in [-0.2, 0) is 19.6 Å². The van der Waals surface area contributed by atoms with Gasteiger partial charge in [0.2, 0.25) is 21.8 Å². The number of amides is 2.